The molecule has 1 heterocycles. The molecule has 6 heteroatoms. The van der Waals surface area contributed by atoms with E-state index in [2.05, 4.69) is 5.32 Å². The summed E-state index contributed by atoms with van der Waals surface area (Å²) >= 11 is 0. The van der Waals surface area contributed by atoms with Crippen LogP contribution in [0.4, 0.5) is 10.5 Å². The van der Waals surface area contributed by atoms with Crippen LogP contribution in [-0.4, -0.2) is 24.5 Å². The van der Waals surface area contributed by atoms with Crippen molar-refractivity contribution < 1.29 is 19.1 Å². The predicted molar refractivity (Wildman–Crippen MR) is 63.3 cm³/mol. The van der Waals surface area contributed by atoms with E-state index in [-0.39, 0.29) is 12.3 Å². The fraction of sp³-hybridized carbons (Fsp3) is 0.250. The van der Waals surface area contributed by atoms with Gasteiger partial charge in [0, 0.05) is 25.6 Å². The highest BCUT2D eigenvalue weighted by Crippen LogP contribution is 2.21. The number of amides is 3. The van der Waals surface area contributed by atoms with E-state index in [1.165, 1.54) is 11.8 Å². The Kier molecular flexibility index (Phi) is 3.27. The second-order valence-corrected chi connectivity index (χ2v) is 3.84. The lowest BCUT2D eigenvalue weighted by molar-refractivity contribution is -0.131. The van der Waals surface area contributed by atoms with Gasteiger partial charge in [0.05, 0.1) is 0 Å². The quantitative estimate of drug-likeness (QED) is 0.627. The fourth-order valence-corrected chi connectivity index (χ4v) is 1.67. The lowest BCUT2D eigenvalue weighted by Crippen LogP contribution is -2.49. The highest BCUT2D eigenvalue weighted by Gasteiger charge is 2.23. The Morgan fingerprint density at radius 3 is 2.50 bits per heavy atom. The van der Waals surface area contributed by atoms with Gasteiger partial charge in [0.2, 0.25) is 5.91 Å². The monoisotopic (exact) mass is 248 g/mol. The van der Waals surface area contributed by atoms with E-state index in [1.54, 1.807) is 24.3 Å². The molecule has 18 heavy (non-hydrogen) atoms. The van der Waals surface area contributed by atoms with Gasteiger partial charge >= 0.3 is 12.0 Å². The molecule has 0 bridgehead atoms. The van der Waals surface area contributed by atoms with Crippen LogP contribution in [0.3, 0.4) is 0 Å². The molecule has 1 aliphatic heterocycles. The van der Waals surface area contributed by atoms with E-state index in [9.17, 15) is 14.4 Å². The van der Waals surface area contributed by atoms with Crippen molar-refractivity contribution in [2.75, 3.05) is 11.4 Å². The van der Waals surface area contributed by atoms with Crippen molar-refractivity contribution in [2.45, 2.75) is 13.3 Å². The highest BCUT2D eigenvalue weighted by molar-refractivity contribution is 6.05. The van der Waals surface area contributed by atoms with Gasteiger partial charge in [-0.2, -0.15) is 0 Å². The highest BCUT2D eigenvalue weighted by atomic mass is 16.5. The number of nitrogens with one attached hydrogen (secondary N) is 1. The summed E-state index contributed by atoms with van der Waals surface area (Å²) in [7, 11) is 0. The van der Waals surface area contributed by atoms with Crippen LogP contribution >= 0.6 is 0 Å². The van der Waals surface area contributed by atoms with Crippen LogP contribution in [0.5, 0.6) is 5.75 Å². The zero-order valence-corrected chi connectivity index (χ0v) is 9.80. The van der Waals surface area contributed by atoms with Crippen LogP contribution in [0.1, 0.15) is 13.3 Å². The molecule has 1 fully saturated rings. The number of carbonyl (C=O) groups excluding carboxylic acids is 3. The molecule has 3 amide bonds. The predicted octanol–water partition coefficient (Wildman–Crippen LogP) is 1.06. The second-order valence-electron chi connectivity index (χ2n) is 3.84. The van der Waals surface area contributed by atoms with Crippen LogP contribution in [0, 0.1) is 0 Å². The maximum absolute atomic E-state index is 11.6. The molecule has 1 N–H and O–H groups in total. The summed E-state index contributed by atoms with van der Waals surface area (Å²) in [5.74, 6) is -0.253. The zero-order valence-electron chi connectivity index (χ0n) is 9.80. The number of benzene rings is 1. The molecular weight excluding hydrogens is 236 g/mol. The van der Waals surface area contributed by atoms with Gasteiger partial charge in [-0.1, -0.05) is 0 Å². The summed E-state index contributed by atoms with van der Waals surface area (Å²) in [6.45, 7) is 1.66. The topological polar surface area (TPSA) is 75.7 Å². The third kappa shape index (κ3) is 2.65. The van der Waals surface area contributed by atoms with Crippen molar-refractivity contribution in [3.63, 3.8) is 0 Å². The number of hydrogen-bond donors (Lipinski definition) is 1. The van der Waals surface area contributed by atoms with Gasteiger partial charge in [-0.25, -0.2) is 4.79 Å². The lowest BCUT2D eigenvalue weighted by Gasteiger charge is -2.26. The van der Waals surface area contributed by atoms with Crippen LogP contribution < -0.4 is 15.0 Å². The lowest BCUT2D eigenvalue weighted by atomic mass is 10.2. The van der Waals surface area contributed by atoms with E-state index in [1.807, 2.05) is 0 Å². The largest absolute Gasteiger partial charge is 0.427 e. The van der Waals surface area contributed by atoms with E-state index in [4.69, 9.17) is 4.74 Å². The SMILES string of the molecule is CC(=O)Oc1ccc(N2CCC(=O)NC2=O)cc1. The standard InChI is InChI=1S/C12H12N2O4/c1-8(15)18-10-4-2-9(3-5-10)14-7-6-11(16)13-12(14)17/h2-5H,6-7H2,1H3,(H,13,16,17). The van der Waals surface area contributed by atoms with Gasteiger partial charge in [-0.05, 0) is 24.3 Å². The Morgan fingerprint density at radius 1 is 1.28 bits per heavy atom. The fourth-order valence-electron chi connectivity index (χ4n) is 1.67. The zero-order chi connectivity index (χ0) is 13.1. The third-order valence-electron chi connectivity index (χ3n) is 2.46. The van der Waals surface area contributed by atoms with Crippen LogP contribution in [0.2, 0.25) is 0 Å². The van der Waals surface area contributed by atoms with Crippen molar-refractivity contribution in [3.05, 3.63) is 24.3 Å². The summed E-state index contributed by atoms with van der Waals surface area (Å²) in [5, 5.41) is 2.24. The van der Waals surface area contributed by atoms with Gasteiger partial charge < -0.3 is 4.74 Å². The number of ether oxygens (including phenoxy) is 1. The second kappa shape index (κ2) is 4.87. The average molecular weight is 248 g/mol. The number of nitrogens with zero attached hydrogens (tertiary/aromatic N) is 1. The summed E-state index contributed by atoms with van der Waals surface area (Å²) in [4.78, 5) is 34.8. The molecule has 6 nitrogen and oxygen atoms in total. The van der Waals surface area contributed by atoms with Gasteiger partial charge in [0.15, 0.2) is 0 Å². The van der Waals surface area contributed by atoms with Crippen LogP contribution in [0.15, 0.2) is 24.3 Å². The molecule has 2 rings (SSSR count). The van der Waals surface area contributed by atoms with E-state index in [0.29, 0.717) is 18.0 Å². The summed E-state index contributed by atoms with van der Waals surface area (Å²) < 4.78 is 4.89. The van der Waals surface area contributed by atoms with Crippen LogP contribution in [-0.2, 0) is 9.59 Å². The van der Waals surface area contributed by atoms with E-state index >= 15 is 0 Å². The summed E-state index contributed by atoms with van der Waals surface area (Å²) in [6, 6.07) is 6.08. The molecule has 1 aromatic carbocycles. The molecule has 1 aromatic rings. The first-order valence-corrected chi connectivity index (χ1v) is 5.46. The Bertz CT molecular complexity index is 495. The number of hydrogen-bond acceptors (Lipinski definition) is 4. The van der Waals surface area contributed by atoms with Crippen molar-refractivity contribution in [3.8, 4) is 5.75 Å². The number of imide groups is 1. The third-order valence-corrected chi connectivity index (χ3v) is 2.46. The Morgan fingerprint density at radius 2 is 1.94 bits per heavy atom. The number of anilines is 1. The van der Waals surface area contributed by atoms with E-state index in [0.717, 1.165) is 0 Å². The molecule has 0 aromatic heterocycles. The molecule has 0 radical (unpaired) electrons. The van der Waals surface area contributed by atoms with Crippen molar-refractivity contribution in [1.29, 1.82) is 0 Å². The van der Waals surface area contributed by atoms with Crippen molar-refractivity contribution in [2.24, 2.45) is 0 Å². The van der Waals surface area contributed by atoms with Gasteiger partial charge in [0.1, 0.15) is 5.75 Å². The molecule has 1 aliphatic rings. The Balaban J connectivity index is 2.12. The number of rotatable bonds is 2. The molecule has 0 saturated carbocycles. The minimum absolute atomic E-state index is 0.271. The maximum atomic E-state index is 11.6. The molecule has 1 saturated heterocycles. The maximum Gasteiger partial charge on any atom is 0.328 e. The minimum Gasteiger partial charge on any atom is -0.427 e. The first-order chi connectivity index (χ1) is 8.56. The Labute approximate surface area is 104 Å². The van der Waals surface area contributed by atoms with Crippen molar-refractivity contribution >= 4 is 23.6 Å². The first-order valence-electron chi connectivity index (χ1n) is 5.46. The molecular formula is C12H12N2O4. The number of urea groups is 1. The smallest absolute Gasteiger partial charge is 0.328 e. The molecule has 0 spiro atoms. The van der Waals surface area contributed by atoms with Gasteiger partial charge in [-0.3, -0.25) is 19.8 Å². The number of esters is 1. The van der Waals surface area contributed by atoms with E-state index < -0.39 is 12.0 Å². The average Bonchev–Trinajstić information content (AvgIpc) is 2.30. The first kappa shape index (κ1) is 12.1. The molecule has 0 aliphatic carbocycles. The van der Waals surface area contributed by atoms with Crippen LogP contribution in [0.25, 0.3) is 0 Å². The van der Waals surface area contributed by atoms with Crippen molar-refractivity contribution in [1.82, 2.24) is 5.32 Å². The molecule has 0 atom stereocenters. The van der Waals surface area contributed by atoms with Gasteiger partial charge in [0.25, 0.3) is 0 Å². The normalized spacial score (nSPS) is 15.3. The minimum atomic E-state index is -0.438. The summed E-state index contributed by atoms with van der Waals surface area (Å²) in [5.41, 5.74) is 0.649. The van der Waals surface area contributed by atoms with Gasteiger partial charge in [-0.15, -0.1) is 0 Å². The molecule has 0 unspecified atom stereocenters. The summed E-state index contributed by atoms with van der Waals surface area (Å²) in [6.07, 6.45) is 0.275. The Hall–Kier alpha value is -2.37. The number of carbonyl (C=O) groups is 3. The molecule has 94 valence electrons.